The Morgan fingerprint density at radius 1 is 1.13 bits per heavy atom. The van der Waals surface area contributed by atoms with Gasteiger partial charge in [0.1, 0.15) is 0 Å². The van der Waals surface area contributed by atoms with Crippen LogP contribution in [0, 0.1) is 11.8 Å². The van der Waals surface area contributed by atoms with E-state index in [0.29, 0.717) is 5.56 Å². The molecule has 2 aromatic carbocycles. The molecule has 5 heteroatoms. The monoisotopic (exact) mass is 401 g/mol. The summed E-state index contributed by atoms with van der Waals surface area (Å²) in [6, 6.07) is 17.5. The third kappa shape index (κ3) is 4.73. The molecule has 0 aromatic heterocycles. The first-order valence-corrected chi connectivity index (χ1v) is 10.4. The van der Waals surface area contributed by atoms with Gasteiger partial charge in [-0.2, -0.15) is 0 Å². The van der Waals surface area contributed by atoms with Crippen molar-refractivity contribution in [3.63, 3.8) is 0 Å². The highest BCUT2D eigenvalue weighted by Gasteiger charge is 2.27. The average Bonchev–Trinajstić information content (AvgIpc) is 2.79. The van der Waals surface area contributed by atoms with Gasteiger partial charge < -0.3 is 10.4 Å². The zero-order valence-corrected chi connectivity index (χ0v) is 17.3. The van der Waals surface area contributed by atoms with E-state index in [9.17, 15) is 4.79 Å². The van der Waals surface area contributed by atoms with Crippen LogP contribution in [0.3, 0.4) is 0 Å². The van der Waals surface area contributed by atoms with Crippen LogP contribution in [-0.4, -0.2) is 53.7 Å². The number of nitrogens with zero attached hydrogens (tertiary/aromatic N) is 2. The third-order valence-corrected chi connectivity index (χ3v) is 5.91. The number of benzene rings is 2. The van der Waals surface area contributed by atoms with Gasteiger partial charge in [0.15, 0.2) is 0 Å². The quantitative estimate of drug-likeness (QED) is 0.770. The van der Waals surface area contributed by atoms with Gasteiger partial charge >= 0.3 is 5.97 Å². The van der Waals surface area contributed by atoms with Gasteiger partial charge in [-0.05, 0) is 48.7 Å². The lowest BCUT2D eigenvalue weighted by Gasteiger charge is -2.40. The molecule has 2 heterocycles. The maximum Gasteiger partial charge on any atom is 0.335 e. The summed E-state index contributed by atoms with van der Waals surface area (Å²) in [6.07, 6.45) is 1.04. The lowest BCUT2D eigenvalue weighted by Crippen LogP contribution is -2.47. The molecule has 0 saturated heterocycles. The fourth-order valence-electron chi connectivity index (χ4n) is 4.05. The average molecular weight is 402 g/mol. The van der Waals surface area contributed by atoms with E-state index in [1.54, 1.807) is 12.1 Å². The van der Waals surface area contributed by atoms with Crippen molar-refractivity contribution in [2.75, 3.05) is 32.8 Å². The molecule has 0 spiro atoms. The minimum absolute atomic E-state index is 0.211. The molecular weight excluding hydrogens is 374 g/mol. The highest BCUT2D eigenvalue weighted by atomic mass is 16.4. The lowest BCUT2D eigenvalue weighted by molar-refractivity contribution is 0.0697. The molecule has 0 saturated carbocycles. The van der Waals surface area contributed by atoms with Crippen molar-refractivity contribution in [1.29, 1.82) is 0 Å². The van der Waals surface area contributed by atoms with Crippen LogP contribution in [-0.2, 0) is 0 Å². The Morgan fingerprint density at radius 3 is 2.63 bits per heavy atom. The van der Waals surface area contributed by atoms with Gasteiger partial charge in [0.05, 0.1) is 18.8 Å². The van der Waals surface area contributed by atoms with E-state index in [4.69, 9.17) is 5.11 Å². The van der Waals surface area contributed by atoms with Crippen LogP contribution >= 0.6 is 0 Å². The molecule has 1 unspecified atom stereocenters. The molecule has 0 radical (unpaired) electrons. The molecular formula is C25H27N3O2. The van der Waals surface area contributed by atoms with E-state index in [2.05, 4.69) is 33.9 Å². The fourth-order valence-corrected chi connectivity index (χ4v) is 4.05. The van der Waals surface area contributed by atoms with Crippen LogP contribution < -0.4 is 5.32 Å². The summed E-state index contributed by atoms with van der Waals surface area (Å²) < 4.78 is 0. The van der Waals surface area contributed by atoms with E-state index in [1.165, 1.54) is 11.3 Å². The molecule has 1 atom stereocenters. The van der Waals surface area contributed by atoms with Crippen molar-refractivity contribution >= 4 is 5.97 Å². The standard InChI is InChI=1S/C25H27N3O2/c1-19(21-9-11-22(12-10-21)25(29)30)28-17-23-16-27(15-13-24(23)26-18-28)14-5-8-20-6-3-2-4-7-20/h2-4,6-7,9-12,19,26H,13-18H2,1H3,(H,29,30). The number of hydrogen-bond acceptors (Lipinski definition) is 4. The number of carboxylic acid groups (broad SMARTS) is 1. The van der Waals surface area contributed by atoms with Gasteiger partial charge in [0.25, 0.3) is 0 Å². The Labute approximate surface area is 178 Å². The molecule has 154 valence electrons. The first kappa shape index (κ1) is 20.2. The third-order valence-electron chi connectivity index (χ3n) is 5.91. The Hall–Kier alpha value is -3.07. The summed E-state index contributed by atoms with van der Waals surface area (Å²) in [5, 5.41) is 12.7. The van der Waals surface area contributed by atoms with Crippen LogP contribution in [0.1, 0.15) is 40.9 Å². The van der Waals surface area contributed by atoms with Gasteiger partial charge in [0, 0.05) is 36.9 Å². The van der Waals surface area contributed by atoms with Crippen molar-refractivity contribution < 1.29 is 9.90 Å². The summed E-state index contributed by atoms with van der Waals surface area (Å²) in [7, 11) is 0. The summed E-state index contributed by atoms with van der Waals surface area (Å²) in [5.41, 5.74) is 5.33. The first-order chi connectivity index (χ1) is 14.6. The highest BCUT2D eigenvalue weighted by molar-refractivity contribution is 5.87. The Bertz CT molecular complexity index is 987. The first-order valence-electron chi connectivity index (χ1n) is 10.4. The van der Waals surface area contributed by atoms with E-state index < -0.39 is 5.97 Å². The Balaban J connectivity index is 1.37. The highest BCUT2D eigenvalue weighted by Crippen LogP contribution is 2.27. The van der Waals surface area contributed by atoms with E-state index >= 15 is 0 Å². The lowest BCUT2D eigenvalue weighted by atomic mass is 10.00. The number of rotatable bonds is 4. The van der Waals surface area contributed by atoms with E-state index in [0.717, 1.165) is 50.4 Å². The zero-order valence-electron chi connectivity index (χ0n) is 17.3. The second-order valence-corrected chi connectivity index (χ2v) is 7.90. The summed E-state index contributed by atoms with van der Waals surface area (Å²) in [4.78, 5) is 15.9. The second kappa shape index (κ2) is 9.17. The summed E-state index contributed by atoms with van der Waals surface area (Å²) in [6.45, 7) is 6.66. The van der Waals surface area contributed by atoms with Gasteiger partial charge in [-0.1, -0.05) is 42.2 Å². The molecule has 0 fully saturated rings. The van der Waals surface area contributed by atoms with Crippen LogP contribution in [0.4, 0.5) is 0 Å². The molecule has 0 amide bonds. The van der Waals surface area contributed by atoms with Crippen LogP contribution in [0.15, 0.2) is 65.9 Å². The maximum atomic E-state index is 11.1. The summed E-state index contributed by atoms with van der Waals surface area (Å²) >= 11 is 0. The normalized spacial score (nSPS) is 18.0. The van der Waals surface area contributed by atoms with E-state index in [1.807, 2.05) is 42.5 Å². The largest absolute Gasteiger partial charge is 0.478 e. The smallest absolute Gasteiger partial charge is 0.335 e. The number of carboxylic acids is 1. The SMILES string of the molecule is CC(c1ccc(C(=O)O)cc1)N1CNC2=C(CN(CC#Cc3ccccc3)CC2)C1. The molecule has 0 aliphatic carbocycles. The predicted molar refractivity (Wildman–Crippen MR) is 118 cm³/mol. The Kier molecular flexibility index (Phi) is 6.18. The van der Waals surface area contributed by atoms with Crippen molar-refractivity contribution in [3.05, 3.63) is 82.6 Å². The predicted octanol–water partition coefficient (Wildman–Crippen LogP) is 3.32. The summed E-state index contributed by atoms with van der Waals surface area (Å²) in [5.74, 6) is 5.67. The van der Waals surface area contributed by atoms with Crippen molar-refractivity contribution in [2.45, 2.75) is 19.4 Å². The zero-order chi connectivity index (χ0) is 20.9. The van der Waals surface area contributed by atoms with Gasteiger partial charge in [0.2, 0.25) is 0 Å². The van der Waals surface area contributed by atoms with Crippen molar-refractivity contribution in [2.24, 2.45) is 0 Å². The van der Waals surface area contributed by atoms with Crippen LogP contribution in [0.2, 0.25) is 0 Å². The Morgan fingerprint density at radius 2 is 1.90 bits per heavy atom. The number of aromatic carboxylic acids is 1. The second-order valence-electron chi connectivity index (χ2n) is 7.90. The number of carbonyl (C=O) groups is 1. The number of nitrogens with one attached hydrogen (secondary N) is 1. The van der Waals surface area contributed by atoms with E-state index in [-0.39, 0.29) is 6.04 Å². The molecule has 2 aromatic rings. The molecule has 30 heavy (non-hydrogen) atoms. The molecule has 2 aliphatic heterocycles. The fraction of sp³-hybridized carbons (Fsp3) is 0.320. The topological polar surface area (TPSA) is 55.8 Å². The van der Waals surface area contributed by atoms with Crippen LogP contribution in [0.5, 0.6) is 0 Å². The minimum Gasteiger partial charge on any atom is -0.478 e. The van der Waals surface area contributed by atoms with Crippen molar-refractivity contribution in [3.8, 4) is 11.8 Å². The number of hydrogen-bond donors (Lipinski definition) is 2. The maximum absolute atomic E-state index is 11.1. The minimum atomic E-state index is -0.888. The van der Waals surface area contributed by atoms with Gasteiger partial charge in [-0.3, -0.25) is 9.80 Å². The van der Waals surface area contributed by atoms with Gasteiger partial charge in [-0.15, -0.1) is 0 Å². The molecule has 5 nitrogen and oxygen atoms in total. The molecule has 2 aliphatic rings. The molecule has 2 N–H and O–H groups in total. The van der Waals surface area contributed by atoms with Crippen LogP contribution in [0.25, 0.3) is 0 Å². The van der Waals surface area contributed by atoms with Crippen molar-refractivity contribution in [1.82, 2.24) is 15.1 Å². The molecule has 4 rings (SSSR count). The van der Waals surface area contributed by atoms with Gasteiger partial charge in [-0.25, -0.2) is 4.79 Å². The molecule has 0 bridgehead atoms.